The van der Waals surface area contributed by atoms with Gasteiger partial charge >= 0.3 is 0 Å². The van der Waals surface area contributed by atoms with Gasteiger partial charge in [0.2, 0.25) is 5.91 Å². The van der Waals surface area contributed by atoms with Crippen LogP contribution < -0.4 is 16.0 Å². The quantitative estimate of drug-likeness (QED) is 0.580. The van der Waals surface area contributed by atoms with E-state index in [0.717, 1.165) is 39.1 Å². The molecule has 0 saturated carbocycles. The number of carbonyl (C=O) groups is 1. The van der Waals surface area contributed by atoms with Crippen molar-refractivity contribution < 1.29 is 9.53 Å². The summed E-state index contributed by atoms with van der Waals surface area (Å²) >= 11 is 0. The third-order valence-corrected chi connectivity index (χ3v) is 3.19. The molecule has 3 atom stereocenters. The zero-order chi connectivity index (χ0) is 11.4. The maximum absolute atomic E-state index is 11.9. The Bertz CT molecular complexity index is 241. The Kier molecular flexibility index (Phi) is 4.15. The minimum absolute atomic E-state index is 0.0769. The van der Waals surface area contributed by atoms with Gasteiger partial charge in [-0.15, -0.1) is 0 Å². The first kappa shape index (κ1) is 11.8. The topological polar surface area (TPSA) is 62.4 Å². The molecule has 2 aliphatic heterocycles. The number of rotatable bonds is 2. The molecule has 2 aliphatic rings. The van der Waals surface area contributed by atoms with Gasteiger partial charge in [0.05, 0.1) is 12.1 Å². The van der Waals surface area contributed by atoms with Crippen LogP contribution in [0.5, 0.6) is 0 Å². The fraction of sp³-hybridized carbons (Fsp3) is 0.909. The minimum atomic E-state index is -0.0769. The van der Waals surface area contributed by atoms with Crippen molar-refractivity contribution >= 4 is 5.91 Å². The van der Waals surface area contributed by atoms with Crippen LogP contribution in [0.25, 0.3) is 0 Å². The molecule has 2 rings (SSSR count). The monoisotopic (exact) mass is 227 g/mol. The third-order valence-electron chi connectivity index (χ3n) is 3.19. The summed E-state index contributed by atoms with van der Waals surface area (Å²) < 4.78 is 5.46. The summed E-state index contributed by atoms with van der Waals surface area (Å²) in [5, 5.41) is 9.53. The van der Waals surface area contributed by atoms with Gasteiger partial charge in [0.25, 0.3) is 0 Å². The zero-order valence-electron chi connectivity index (χ0n) is 9.79. The number of nitrogens with one attached hydrogen (secondary N) is 3. The lowest BCUT2D eigenvalue weighted by atomic mass is 10.0. The molecular formula is C11H21N3O2. The van der Waals surface area contributed by atoms with Gasteiger partial charge < -0.3 is 20.7 Å². The first-order valence-electron chi connectivity index (χ1n) is 6.12. The van der Waals surface area contributed by atoms with E-state index < -0.39 is 0 Å². The molecule has 3 N–H and O–H groups in total. The highest BCUT2D eigenvalue weighted by Crippen LogP contribution is 2.13. The van der Waals surface area contributed by atoms with Gasteiger partial charge in [0.15, 0.2) is 0 Å². The van der Waals surface area contributed by atoms with Gasteiger partial charge in [-0.05, 0) is 19.8 Å². The van der Waals surface area contributed by atoms with Crippen LogP contribution in [0.1, 0.15) is 19.8 Å². The van der Waals surface area contributed by atoms with Crippen molar-refractivity contribution in [3.8, 4) is 0 Å². The molecule has 0 spiro atoms. The van der Waals surface area contributed by atoms with E-state index in [1.165, 1.54) is 0 Å². The van der Waals surface area contributed by atoms with Crippen LogP contribution >= 0.6 is 0 Å². The number of hydrogen-bond acceptors (Lipinski definition) is 4. The second kappa shape index (κ2) is 5.61. The lowest BCUT2D eigenvalue weighted by Crippen LogP contribution is -2.57. The van der Waals surface area contributed by atoms with Crippen LogP contribution in [-0.2, 0) is 9.53 Å². The van der Waals surface area contributed by atoms with Crippen LogP contribution in [0.15, 0.2) is 0 Å². The summed E-state index contributed by atoms with van der Waals surface area (Å²) in [4.78, 5) is 11.9. The predicted octanol–water partition coefficient (Wildman–Crippen LogP) is -0.768. The van der Waals surface area contributed by atoms with Gasteiger partial charge in [0.1, 0.15) is 0 Å². The Morgan fingerprint density at radius 2 is 2.31 bits per heavy atom. The molecule has 0 radical (unpaired) electrons. The molecule has 0 bridgehead atoms. The van der Waals surface area contributed by atoms with Crippen LogP contribution in [0.2, 0.25) is 0 Å². The van der Waals surface area contributed by atoms with Crippen molar-refractivity contribution in [3.63, 3.8) is 0 Å². The van der Waals surface area contributed by atoms with E-state index >= 15 is 0 Å². The van der Waals surface area contributed by atoms with Crippen LogP contribution in [0, 0.1) is 0 Å². The van der Waals surface area contributed by atoms with E-state index in [2.05, 4.69) is 22.9 Å². The van der Waals surface area contributed by atoms with Crippen molar-refractivity contribution in [2.24, 2.45) is 0 Å². The first-order valence-corrected chi connectivity index (χ1v) is 6.12. The van der Waals surface area contributed by atoms with Gasteiger partial charge in [-0.2, -0.15) is 0 Å². The number of amides is 1. The standard InChI is InChI=1S/C11H21N3O2/c1-8-6-9(2-5-16-8)14-11(15)10-7-12-3-4-13-10/h8-10,12-13H,2-7H2,1H3,(H,14,15). The summed E-state index contributed by atoms with van der Waals surface area (Å²) in [6, 6.07) is 0.201. The molecule has 0 aromatic carbocycles. The highest BCUT2D eigenvalue weighted by atomic mass is 16.5. The van der Waals surface area contributed by atoms with E-state index in [1.807, 2.05) is 0 Å². The Morgan fingerprint density at radius 1 is 1.44 bits per heavy atom. The molecule has 1 amide bonds. The lowest BCUT2D eigenvalue weighted by molar-refractivity contribution is -0.125. The molecule has 16 heavy (non-hydrogen) atoms. The summed E-state index contributed by atoms with van der Waals surface area (Å²) in [5.41, 5.74) is 0. The first-order chi connectivity index (χ1) is 7.75. The summed E-state index contributed by atoms with van der Waals surface area (Å²) in [6.07, 6.45) is 2.11. The van der Waals surface area contributed by atoms with E-state index in [4.69, 9.17) is 4.74 Å². The number of hydrogen-bond donors (Lipinski definition) is 3. The van der Waals surface area contributed by atoms with Gasteiger partial charge in [-0.25, -0.2) is 0 Å². The predicted molar refractivity (Wildman–Crippen MR) is 61.2 cm³/mol. The average molecular weight is 227 g/mol. The maximum atomic E-state index is 11.9. The highest BCUT2D eigenvalue weighted by molar-refractivity contribution is 5.82. The molecule has 0 aromatic rings. The Morgan fingerprint density at radius 3 is 3.00 bits per heavy atom. The maximum Gasteiger partial charge on any atom is 0.238 e. The van der Waals surface area contributed by atoms with Crippen molar-refractivity contribution in [2.75, 3.05) is 26.2 Å². The van der Waals surface area contributed by atoms with E-state index in [9.17, 15) is 4.79 Å². The molecule has 0 aliphatic carbocycles. The Hall–Kier alpha value is -0.650. The third kappa shape index (κ3) is 3.17. The fourth-order valence-electron chi connectivity index (χ4n) is 2.27. The molecule has 2 saturated heterocycles. The molecule has 0 aromatic heterocycles. The number of carbonyl (C=O) groups excluding carboxylic acids is 1. The summed E-state index contributed by atoms with van der Waals surface area (Å²) in [5.74, 6) is 0.117. The number of ether oxygens (including phenoxy) is 1. The average Bonchev–Trinajstić information content (AvgIpc) is 2.30. The van der Waals surface area contributed by atoms with Gasteiger partial charge in [-0.3, -0.25) is 4.79 Å². The van der Waals surface area contributed by atoms with Crippen molar-refractivity contribution in [3.05, 3.63) is 0 Å². The Labute approximate surface area is 96.3 Å². The fourth-order valence-corrected chi connectivity index (χ4v) is 2.27. The second-order valence-electron chi connectivity index (χ2n) is 4.62. The van der Waals surface area contributed by atoms with Crippen LogP contribution in [0.4, 0.5) is 0 Å². The Balaban J connectivity index is 1.77. The van der Waals surface area contributed by atoms with Crippen LogP contribution in [-0.4, -0.2) is 50.3 Å². The van der Waals surface area contributed by atoms with E-state index in [-0.39, 0.29) is 24.1 Å². The minimum Gasteiger partial charge on any atom is -0.378 e. The van der Waals surface area contributed by atoms with Crippen molar-refractivity contribution in [1.82, 2.24) is 16.0 Å². The smallest absolute Gasteiger partial charge is 0.238 e. The van der Waals surface area contributed by atoms with E-state index in [0.29, 0.717) is 0 Å². The summed E-state index contributed by atoms with van der Waals surface area (Å²) in [7, 11) is 0. The largest absolute Gasteiger partial charge is 0.378 e. The van der Waals surface area contributed by atoms with E-state index in [1.54, 1.807) is 0 Å². The highest BCUT2D eigenvalue weighted by Gasteiger charge is 2.25. The molecular weight excluding hydrogens is 206 g/mol. The van der Waals surface area contributed by atoms with Gasteiger partial charge in [-0.1, -0.05) is 0 Å². The molecule has 3 unspecified atom stereocenters. The normalized spacial score (nSPS) is 35.7. The van der Waals surface area contributed by atoms with Crippen molar-refractivity contribution in [1.29, 1.82) is 0 Å². The SMILES string of the molecule is CC1CC(NC(=O)C2CNCCN2)CCO1. The second-order valence-corrected chi connectivity index (χ2v) is 4.62. The molecule has 5 heteroatoms. The lowest BCUT2D eigenvalue weighted by Gasteiger charge is -2.30. The number of piperazine rings is 1. The molecule has 92 valence electrons. The van der Waals surface area contributed by atoms with Crippen molar-refractivity contribution in [2.45, 2.75) is 38.0 Å². The molecule has 2 heterocycles. The van der Waals surface area contributed by atoms with Crippen LogP contribution in [0.3, 0.4) is 0 Å². The molecule has 2 fully saturated rings. The zero-order valence-corrected chi connectivity index (χ0v) is 9.79. The molecule has 5 nitrogen and oxygen atoms in total. The van der Waals surface area contributed by atoms with Gasteiger partial charge in [0, 0.05) is 32.3 Å². The summed E-state index contributed by atoms with van der Waals surface area (Å²) in [6.45, 7) is 5.34.